The zero-order chi connectivity index (χ0) is 9.42. The molecular weight excluding hydrogens is 175 g/mol. The first-order chi connectivity index (χ1) is 6.18. The first-order valence-electron chi connectivity index (χ1n) is 3.82. The van der Waals surface area contributed by atoms with E-state index in [9.17, 15) is 9.18 Å². The van der Waals surface area contributed by atoms with E-state index in [0.29, 0.717) is 5.56 Å². The predicted octanol–water partition coefficient (Wildman–Crippen LogP) is 1.35. The van der Waals surface area contributed by atoms with Crippen LogP contribution in [0.25, 0.3) is 0 Å². The molecule has 1 N–H and O–H groups in total. The molecule has 0 amide bonds. The van der Waals surface area contributed by atoms with Gasteiger partial charge < -0.3 is 9.84 Å². The highest BCUT2D eigenvalue weighted by molar-refractivity contribution is 5.76. The quantitative estimate of drug-likeness (QED) is 0.702. The summed E-state index contributed by atoms with van der Waals surface area (Å²) in [5.74, 6) is -1.31. The predicted molar refractivity (Wildman–Crippen MR) is 41.6 cm³/mol. The van der Waals surface area contributed by atoms with Crippen molar-refractivity contribution >= 4 is 5.97 Å². The van der Waals surface area contributed by atoms with Gasteiger partial charge in [-0.05, 0) is 17.7 Å². The average molecular weight is 182 g/mol. The number of epoxide rings is 1. The summed E-state index contributed by atoms with van der Waals surface area (Å²) in [6, 6.07) is 5.64. The van der Waals surface area contributed by atoms with Gasteiger partial charge in [0.1, 0.15) is 11.9 Å². The number of carbonyl (C=O) groups is 1. The summed E-state index contributed by atoms with van der Waals surface area (Å²) < 4.78 is 17.4. The van der Waals surface area contributed by atoms with E-state index in [0.717, 1.165) is 0 Å². The van der Waals surface area contributed by atoms with Gasteiger partial charge in [-0.2, -0.15) is 0 Å². The second-order valence-electron chi connectivity index (χ2n) is 2.87. The van der Waals surface area contributed by atoms with Crippen molar-refractivity contribution in [1.29, 1.82) is 0 Å². The highest BCUT2D eigenvalue weighted by atomic mass is 19.1. The molecule has 4 heteroatoms. The van der Waals surface area contributed by atoms with Crippen molar-refractivity contribution in [2.24, 2.45) is 0 Å². The van der Waals surface area contributed by atoms with Gasteiger partial charge in [0, 0.05) is 0 Å². The zero-order valence-corrected chi connectivity index (χ0v) is 6.61. The zero-order valence-electron chi connectivity index (χ0n) is 6.61. The molecule has 3 nitrogen and oxygen atoms in total. The van der Waals surface area contributed by atoms with E-state index in [2.05, 4.69) is 0 Å². The van der Waals surface area contributed by atoms with Crippen molar-refractivity contribution in [2.45, 2.75) is 12.2 Å². The van der Waals surface area contributed by atoms with Gasteiger partial charge in [0.15, 0.2) is 6.10 Å². The number of carboxylic acid groups (broad SMARTS) is 1. The molecule has 13 heavy (non-hydrogen) atoms. The lowest BCUT2D eigenvalue weighted by Gasteiger charge is -1.93. The van der Waals surface area contributed by atoms with Crippen molar-refractivity contribution in [3.8, 4) is 0 Å². The minimum atomic E-state index is -0.977. The third-order valence-electron chi connectivity index (χ3n) is 1.93. The van der Waals surface area contributed by atoms with Crippen LogP contribution in [-0.4, -0.2) is 17.2 Å². The number of rotatable bonds is 2. The molecule has 1 aromatic carbocycles. The fourth-order valence-electron chi connectivity index (χ4n) is 1.21. The normalized spacial score (nSPS) is 25.6. The maximum Gasteiger partial charge on any atom is 0.335 e. The molecule has 1 fully saturated rings. The summed E-state index contributed by atoms with van der Waals surface area (Å²) in [6.07, 6.45) is -1.16. The highest BCUT2D eigenvalue weighted by Gasteiger charge is 2.46. The number of hydrogen-bond acceptors (Lipinski definition) is 2. The van der Waals surface area contributed by atoms with Crippen molar-refractivity contribution < 1.29 is 19.0 Å². The Kier molecular flexibility index (Phi) is 1.77. The molecule has 0 aliphatic carbocycles. The smallest absolute Gasteiger partial charge is 0.335 e. The van der Waals surface area contributed by atoms with Crippen molar-refractivity contribution in [1.82, 2.24) is 0 Å². The molecule has 0 bridgehead atoms. The van der Waals surface area contributed by atoms with Crippen LogP contribution in [0, 0.1) is 5.82 Å². The van der Waals surface area contributed by atoms with Crippen molar-refractivity contribution in [3.05, 3.63) is 35.6 Å². The Morgan fingerprint density at radius 1 is 1.38 bits per heavy atom. The third kappa shape index (κ3) is 1.53. The molecule has 0 aromatic heterocycles. The van der Waals surface area contributed by atoms with Gasteiger partial charge in [-0.1, -0.05) is 12.1 Å². The van der Waals surface area contributed by atoms with Gasteiger partial charge in [0.25, 0.3) is 0 Å². The Morgan fingerprint density at radius 3 is 2.46 bits per heavy atom. The summed E-state index contributed by atoms with van der Waals surface area (Å²) >= 11 is 0. The molecule has 2 rings (SSSR count). The second kappa shape index (κ2) is 2.81. The van der Waals surface area contributed by atoms with Crippen LogP contribution in [-0.2, 0) is 9.53 Å². The topological polar surface area (TPSA) is 49.8 Å². The molecule has 68 valence electrons. The Morgan fingerprint density at radius 2 is 2.00 bits per heavy atom. The van der Waals surface area contributed by atoms with Crippen LogP contribution in [0.2, 0.25) is 0 Å². The van der Waals surface area contributed by atoms with Gasteiger partial charge >= 0.3 is 5.97 Å². The molecule has 0 radical (unpaired) electrons. The number of aliphatic carboxylic acids is 1. The van der Waals surface area contributed by atoms with Crippen LogP contribution >= 0.6 is 0 Å². The summed E-state index contributed by atoms with van der Waals surface area (Å²) in [5, 5.41) is 8.54. The fraction of sp³-hybridized carbons (Fsp3) is 0.222. The number of halogens is 1. The van der Waals surface area contributed by atoms with E-state index in [-0.39, 0.29) is 5.82 Å². The SMILES string of the molecule is O=C(O)[C@@H]1O[C@@H]1c1ccc(F)cc1. The third-order valence-corrected chi connectivity index (χ3v) is 1.93. The van der Waals surface area contributed by atoms with E-state index in [1.54, 1.807) is 0 Å². The Bertz CT molecular complexity index is 333. The number of hydrogen-bond donors (Lipinski definition) is 1. The first kappa shape index (κ1) is 8.19. The van der Waals surface area contributed by atoms with Crippen molar-refractivity contribution in [3.63, 3.8) is 0 Å². The minimum absolute atomic E-state index is 0.337. The van der Waals surface area contributed by atoms with E-state index in [4.69, 9.17) is 9.84 Å². The lowest BCUT2D eigenvalue weighted by molar-refractivity contribution is -0.138. The maximum absolute atomic E-state index is 12.5. The van der Waals surface area contributed by atoms with Gasteiger partial charge in [-0.3, -0.25) is 0 Å². The standard InChI is InChI=1S/C9H7FO3/c10-6-3-1-5(2-4-6)7-8(13-7)9(11)12/h1-4,7-8H,(H,11,12)/t7-,8-/m1/s1. The van der Waals surface area contributed by atoms with E-state index in [1.807, 2.05) is 0 Å². The molecule has 1 aliphatic rings. The van der Waals surface area contributed by atoms with Gasteiger partial charge in [-0.15, -0.1) is 0 Å². The molecule has 0 spiro atoms. The maximum atomic E-state index is 12.5. The number of carboxylic acids is 1. The van der Waals surface area contributed by atoms with Crippen molar-refractivity contribution in [2.75, 3.05) is 0 Å². The van der Waals surface area contributed by atoms with Crippen LogP contribution < -0.4 is 0 Å². The molecular formula is C9H7FO3. The van der Waals surface area contributed by atoms with E-state index < -0.39 is 18.2 Å². The number of benzene rings is 1. The lowest BCUT2D eigenvalue weighted by atomic mass is 10.1. The van der Waals surface area contributed by atoms with E-state index >= 15 is 0 Å². The molecule has 1 aromatic rings. The van der Waals surface area contributed by atoms with Crippen LogP contribution in [0.4, 0.5) is 4.39 Å². The van der Waals surface area contributed by atoms with Gasteiger partial charge in [-0.25, -0.2) is 9.18 Å². The van der Waals surface area contributed by atoms with Crippen LogP contribution in [0.3, 0.4) is 0 Å². The largest absolute Gasteiger partial charge is 0.479 e. The molecule has 1 aliphatic heterocycles. The summed E-state index contributed by atoms with van der Waals surface area (Å²) in [6.45, 7) is 0. The summed E-state index contributed by atoms with van der Waals surface area (Å²) in [4.78, 5) is 10.4. The van der Waals surface area contributed by atoms with E-state index in [1.165, 1.54) is 24.3 Å². The minimum Gasteiger partial charge on any atom is -0.479 e. The second-order valence-corrected chi connectivity index (χ2v) is 2.87. The monoisotopic (exact) mass is 182 g/mol. The molecule has 0 unspecified atom stereocenters. The lowest BCUT2D eigenvalue weighted by Crippen LogP contribution is -2.04. The Hall–Kier alpha value is -1.42. The average Bonchev–Trinajstić information content (AvgIpc) is 2.85. The Labute approximate surface area is 73.8 Å². The van der Waals surface area contributed by atoms with Crippen LogP contribution in [0.5, 0.6) is 0 Å². The summed E-state index contributed by atoms with van der Waals surface area (Å²) in [5.41, 5.74) is 0.703. The first-order valence-corrected chi connectivity index (χ1v) is 3.82. The fourth-order valence-corrected chi connectivity index (χ4v) is 1.21. The number of ether oxygens (including phenoxy) is 1. The van der Waals surface area contributed by atoms with Crippen LogP contribution in [0.1, 0.15) is 11.7 Å². The molecule has 2 atom stereocenters. The van der Waals surface area contributed by atoms with Gasteiger partial charge in [0.2, 0.25) is 0 Å². The highest BCUT2D eigenvalue weighted by Crippen LogP contribution is 2.38. The van der Waals surface area contributed by atoms with Crippen LogP contribution in [0.15, 0.2) is 24.3 Å². The Balaban J connectivity index is 2.12. The van der Waals surface area contributed by atoms with Gasteiger partial charge in [0.05, 0.1) is 0 Å². The summed E-state index contributed by atoms with van der Waals surface area (Å²) in [7, 11) is 0. The molecule has 1 heterocycles. The molecule has 1 saturated heterocycles. The molecule has 0 saturated carbocycles.